The second-order valence-corrected chi connectivity index (χ2v) is 5.91. The van der Waals surface area contributed by atoms with Crippen molar-refractivity contribution >= 4 is 11.0 Å². The topological polar surface area (TPSA) is 41.6 Å². The van der Waals surface area contributed by atoms with Crippen molar-refractivity contribution in [3.63, 3.8) is 0 Å². The highest BCUT2D eigenvalue weighted by Crippen LogP contribution is 2.28. The van der Waals surface area contributed by atoms with Gasteiger partial charge in [-0.15, -0.1) is 0 Å². The molecule has 0 fully saturated rings. The monoisotopic (exact) mass is 303 g/mol. The van der Waals surface area contributed by atoms with E-state index in [2.05, 4.69) is 54.8 Å². The van der Waals surface area contributed by atoms with Gasteiger partial charge in [0.15, 0.2) is 0 Å². The van der Waals surface area contributed by atoms with E-state index in [-0.39, 0.29) is 0 Å². The zero-order valence-electron chi connectivity index (χ0n) is 14.1. The molecule has 2 aromatic carbocycles. The van der Waals surface area contributed by atoms with E-state index in [0.717, 1.165) is 52.1 Å². The average molecular weight is 303 g/mol. The van der Waals surface area contributed by atoms with Crippen LogP contribution in [0.25, 0.3) is 16.7 Å². The summed E-state index contributed by atoms with van der Waals surface area (Å²) in [6.45, 7) is 8.26. The lowest BCUT2D eigenvalue weighted by Crippen LogP contribution is -2.00. The predicted octanol–water partition coefficient (Wildman–Crippen LogP) is 4.64. The molecular weight excluding hydrogens is 282 g/mol. The van der Waals surface area contributed by atoms with Crippen LogP contribution in [0.3, 0.4) is 0 Å². The smallest absolute Gasteiger partial charge is 0.114 e. The van der Waals surface area contributed by atoms with Crippen LogP contribution in [0.4, 0.5) is 0 Å². The molecule has 3 rings (SSSR count). The fraction of sp³-hybridized carbons (Fsp3) is 0.300. The molecule has 0 bridgehead atoms. The highest BCUT2D eigenvalue weighted by Gasteiger charge is 2.16. The highest BCUT2D eigenvalue weighted by atomic mass is 15.1. The van der Waals surface area contributed by atoms with Crippen LogP contribution in [0.15, 0.2) is 30.3 Å². The Balaban J connectivity index is 2.33. The van der Waals surface area contributed by atoms with Gasteiger partial charge in [0, 0.05) is 12.1 Å². The fourth-order valence-electron chi connectivity index (χ4n) is 3.16. The molecule has 116 valence electrons. The van der Waals surface area contributed by atoms with Crippen LogP contribution in [-0.2, 0) is 12.8 Å². The third-order valence-electron chi connectivity index (χ3n) is 4.49. The summed E-state index contributed by atoms with van der Waals surface area (Å²) >= 11 is 0. The Hall–Kier alpha value is -2.60. The normalized spacial score (nSPS) is 10.9. The Labute approximate surface area is 137 Å². The summed E-state index contributed by atoms with van der Waals surface area (Å²) in [6, 6.07) is 13.0. The minimum Gasteiger partial charge on any atom is -0.296 e. The van der Waals surface area contributed by atoms with Crippen LogP contribution in [0.5, 0.6) is 0 Å². The summed E-state index contributed by atoms with van der Waals surface area (Å²) in [4.78, 5) is 4.81. The van der Waals surface area contributed by atoms with E-state index in [0.29, 0.717) is 0 Å². The minimum atomic E-state index is 0.742. The van der Waals surface area contributed by atoms with Crippen molar-refractivity contribution in [2.75, 3.05) is 0 Å². The standard InChI is InChI=1S/C20H21N3/c1-5-15-7-9-16(10-8-15)23-18-11-13(3)17(12-21)14(4)20(18)22-19(23)6-2/h7-11H,5-6H2,1-4H3. The zero-order chi connectivity index (χ0) is 16.6. The molecule has 0 radical (unpaired) electrons. The number of aryl methyl sites for hydroxylation is 4. The molecule has 0 amide bonds. The van der Waals surface area contributed by atoms with E-state index in [4.69, 9.17) is 4.98 Å². The van der Waals surface area contributed by atoms with Gasteiger partial charge in [0.1, 0.15) is 5.82 Å². The first kappa shape index (κ1) is 15.3. The number of imidazole rings is 1. The Kier molecular flexibility index (Phi) is 3.92. The molecule has 0 aliphatic rings. The second-order valence-electron chi connectivity index (χ2n) is 5.91. The van der Waals surface area contributed by atoms with Gasteiger partial charge in [-0.05, 0) is 55.2 Å². The molecule has 23 heavy (non-hydrogen) atoms. The average Bonchev–Trinajstić information content (AvgIpc) is 2.94. The van der Waals surface area contributed by atoms with Crippen molar-refractivity contribution < 1.29 is 0 Å². The lowest BCUT2D eigenvalue weighted by Gasteiger charge is -2.10. The summed E-state index contributed by atoms with van der Waals surface area (Å²) in [6.07, 6.45) is 1.89. The quantitative estimate of drug-likeness (QED) is 0.707. The summed E-state index contributed by atoms with van der Waals surface area (Å²) in [5.74, 6) is 1.03. The van der Waals surface area contributed by atoms with Gasteiger partial charge < -0.3 is 0 Å². The number of rotatable bonds is 3. The molecule has 0 unspecified atom stereocenters. The van der Waals surface area contributed by atoms with Crippen molar-refractivity contribution in [3.8, 4) is 11.8 Å². The van der Waals surface area contributed by atoms with Gasteiger partial charge in [-0.2, -0.15) is 5.26 Å². The van der Waals surface area contributed by atoms with Crippen molar-refractivity contribution in [1.82, 2.24) is 9.55 Å². The maximum absolute atomic E-state index is 9.38. The van der Waals surface area contributed by atoms with E-state index in [1.807, 2.05) is 13.8 Å². The molecule has 0 N–H and O–H groups in total. The van der Waals surface area contributed by atoms with Crippen molar-refractivity contribution in [2.45, 2.75) is 40.5 Å². The first-order valence-corrected chi connectivity index (χ1v) is 8.11. The highest BCUT2D eigenvalue weighted by molar-refractivity contribution is 5.85. The van der Waals surface area contributed by atoms with Crippen LogP contribution in [-0.4, -0.2) is 9.55 Å². The van der Waals surface area contributed by atoms with Crippen molar-refractivity contribution in [2.24, 2.45) is 0 Å². The van der Waals surface area contributed by atoms with Crippen LogP contribution in [0, 0.1) is 25.2 Å². The first-order chi connectivity index (χ1) is 11.1. The molecule has 0 aliphatic heterocycles. The van der Waals surface area contributed by atoms with E-state index in [1.165, 1.54) is 5.56 Å². The molecule has 0 aliphatic carbocycles. The van der Waals surface area contributed by atoms with Gasteiger partial charge in [0.05, 0.1) is 22.7 Å². The molecule has 3 heteroatoms. The SMILES string of the molecule is CCc1ccc(-n2c(CC)nc3c(C)c(C#N)c(C)cc32)cc1. The van der Waals surface area contributed by atoms with Gasteiger partial charge in [0.2, 0.25) is 0 Å². The number of aromatic nitrogens is 2. The van der Waals surface area contributed by atoms with E-state index >= 15 is 0 Å². The minimum absolute atomic E-state index is 0.742. The predicted molar refractivity (Wildman–Crippen MR) is 94.0 cm³/mol. The molecule has 1 heterocycles. The zero-order valence-corrected chi connectivity index (χ0v) is 14.1. The molecular formula is C20H21N3. The molecule has 0 spiro atoms. The van der Waals surface area contributed by atoms with Gasteiger partial charge in [-0.25, -0.2) is 4.98 Å². The maximum atomic E-state index is 9.38. The molecule has 1 aromatic heterocycles. The van der Waals surface area contributed by atoms with Gasteiger partial charge in [-0.3, -0.25) is 4.57 Å². The number of nitrogens with zero attached hydrogens (tertiary/aromatic N) is 3. The van der Waals surface area contributed by atoms with E-state index in [1.54, 1.807) is 0 Å². The lowest BCUT2D eigenvalue weighted by atomic mass is 10.0. The van der Waals surface area contributed by atoms with Crippen molar-refractivity contribution in [1.29, 1.82) is 5.26 Å². The van der Waals surface area contributed by atoms with E-state index in [9.17, 15) is 5.26 Å². The Morgan fingerprint density at radius 1 is 1.09 bits per heavy atom. The molecule has 0 saturated carbocycles. The number of nitriles is 1. The number of hydrogen-bond donors (Lipinski definition) is 0. The number of hydrogen-bond acceptors (Lipinski definition) is 2. The Morgan fingerprint density at radius 2 is 1.78 bits per heavy atom. The van der Waals surface area contributed by atoms with Gasteiger partial charge in [-0.1, -0.05) is 26.0 Å². The second kappa shape index (κ2) is 5.89. The van der Waals surface area contributed by atoms with Crippen LogP contribution < -0.4 is 0 Å². The van der Waals surface area contributed by atoms with Crippen LogP contribution in [0.2, 0.25) is 0 Å². The van der Waals surface area contributed by atoms with Crippen LogP contribution >= 0.6 is 0 Å². The van der Waals surface area contributed by atoms with Gasteiger partial charge in [0.25, 0.3) is 0 Å². The molecule has 0 atom stereocenters. The third kappa shape index (κ3) is 2.41. The van der Waals surface area contributed by atoms with Crippen LogP contribution in [0.1, 0.15) is 41.9 Å². The van der Waals surface area contributed by atoms with E-state index < -0.39 is 0 Å². The maximum Gasteiger partial charge on any atom is 0.114 e. The van der Waals surface area contributed by atoms with Gasteiger partial charge >= 0.3 is 0 Å². The number of benzene rings is 2. The first-order valence-electron chi connectivity index (χ1n) is 8.11. The summed E-state index contributed by atoms with van der Waals surface area (Å²) in [7, 11) is 0. The lowest BCUT2D eigenvalue weighted by molar-refractivity contribution is 0.907. The third-order valence-corrected chi connectivity index (χ3v) is 4.49. The summed E-state index contributed by atoms with van der Waals surface area (Å²) in [5.41, 5.74) is 7.20. The molecule has 3 nitrogen and oxygen atoms in total. The number of fused-ring (bicyclic) bond motifs is 1. The summed E-state index contributed by atoms with van der Waals surface area (Å²) in [5, 5.41) is 9.38. The Morgan fingerprint density at radius 3 is 2.35 bits per heavy atom. The fourth-order valence-corrected chi connectivity index (χ4v) is 3.16. The summed E-state index contributed by atoms with van der Waals surface area (Å²) < 4.78 is 2.22. The Bertz CT molecular complexity index is 909. The molecule has 3 aromatic rings. The largest absolute Gasteiger partial charge is 0.296 e. The van der Waals surface area contributed by atoms with Crippen molar-refractivity contribution in [3.05, 3.63) is 58.4 Å². The molecule has 0 saturated heterocycles.